The Kier molecular flexibility index (Phi) is 4.57. The predicted octanol–water partition coefficient (Wildman–Crippen LogP) is 0.568. The number of esters is 1. The van der Waals surface area contributed by atoms with Crippen LogP contribution in [0.4, 0.5) is 0 Å². The van der Waals surface area contributed by atoms with Crippen molar-refractivity contribution in [2.45, 2.75) is 19.6 Å². The monoisotopic (exact) mass is 269 g/mol. The molecule has 0 spiro atoms. The summed E-state index contributed by atoms with van der Waals surface area (Å²) in [6, 6.07) is 1.84. The van der Waals surface area contributed by atoms with Gasteiger partial charge in [-0.1, -0.05) is 0 Å². The normalized spacial score (nSPS) is 20.5. The van der Waals surface area contributed by atoms with Gasteiger partial charge in [0.15, 0.2) is 0 Å². The van der Waals surface area contributed by atoms with Gasteiger partial charge in [0.25, 0.3) is 0 Å². The molecule has 0 amide bonds. The lowest BCUT2D eigenvalue weighted by Gasteiger charge is -2.31. The molecule has 19 heavy (non-hydrogen) atoms. The maximum absolute atomic E-state index is 11.5. The Morgan fingerprint density at radius 2 is 2.42 bits per heavy atom. The summed E-state index contributed by atoms with van der Waals surface area (Å²) in [5.74, 6) is 0.514. The van der Waals surface area contributed by atoms with E-state index in [0.29, 0.717) is 19.7 Å². The number of aliphatic hydroxyl groups excluding tert-OH is 1. The van der Waals surface area contributed by atoms with Gasteiger partial charge in [-0.15, -0.1) is 0 Å². The number of furan rings is 1. The fourth-order valence-electron chi connectivity index (χ4n) is 2.18. The molecule has 1 fully saturated rings. The number of aliphatic hydroxyl groups is 1. The molecule has 1 N–H and O–H groups in total. The first-order valence-electron chi connectivity index (χ1n) is 6.26. The summed E-state index contributed by atoms with van der Waals surface area (Å²) in [7, 11) is 1.33. The fraction of sp³-hybridized carbons (Fsp3) is 0.615. The van der Waals surface area contributed by atoms with E-state index in [-0.39, 0.29) is 18.5 Å². The van der Waals surface area contributed by atoms with Crippen LogP contribution in [-0.4, -0.2) is 55.5 Å². The number of carbonyl (C=O) groups is 1. The number of ether oxygens (including phenoxy) is 2. The summed E-state index contributed by atoms with van der Waals surface area (Å²) in [6.45, 7) is 4.45. The molecule has 0 aromatic carbocycles. The molecule has 1 aliphatic heterocycles. The first kappa shape index (κ1) is 14.0. The Morgan fingerprint density at radius 1 is 1.63 bits per heavy atom. The van der Waals surface area contributed by atoms with Crippen LogP contribution in [0.3, 0.4) is 0 Å². The van der Waals surface area contributed by atoms with Gasteiger partial charge in [-0.25, -0.2) is 4.79 Å². The molecule has 1 aromatic rings. The van der Waals surface area contributed by atoms with E-state index < -0.39 is 5.97 Å². The molecule has 1 atom stereocenters. The topological polar surface area (TPSA) is 72.1 Å². The number of aryl methyl sites for hydroxylation is 1. The van der Waals surface area contributed by atoms with E-state index >= 15 is 0 Å². The summed E-state index contributed by atoms with van der Waals surface area (Å²) in [5.41, 5.74) is 0.772. The van der Waals surface area contributed by atoms with Crippen molar-refractivity contribution in [3.63, 3.8) is 0 Å². The molecule has 0 aliphatic carbocycles. The van der Waals surface area contributed by atoms with Crippen LogP contribution in [0.5, 0.6) is 0 Å². The van der Waals surface area contributed by atoms with Crippen molar-refractivity contribution in [1.82, 2.24) is 4.90 Å². The smallest absolute Gasteiger partial charge is 0.374 e. The van der Waals surface area contributed by atoms with E-state index in [2.05, 4.69) is 9.64 Å². The van der Waals surface area contributed by atoms with E-state index in [9.17, 15) is 4.79 Å². The number of carbonyl (C=O) groups excluding carboxylic acids is 1. The maximum atomic E-state index is 11.5. The van der Waals surface area contributed by atoms with Crippen LogP contribution < -0.4 is 0 Å². The first-order valence-corrected chi connectivity index (χ1v) is 6.26. The van der Waals surface area contributed by atoms with Crippen molar-refractivity contribution >= 4 is 5.97 Å². The molecule has 0 saturated carbocycles. The molecular formula is C13H19NO5. The van der Waals surface area contributed by atoms with Gasteiger partial charge in [-0.3, -0.25) is 4.90 Å². The van der Waals surface area contributed by atoms with Gasteiger partial charge >= 0.3 is 5.97 Å². The minimum absolute atomic E-state index is 0.0150. The van der Waals surface area contributed by atoms with E-state index in [1.54, 1.807) is 0 Å². The highest BCUT2D eigenvalue weighted by Gasteiger charge is 2.22. The second-order valence-corrected chi connectivity index (χ2v) is 4.63. The molecule has 1 aromatic heterocycles. The van der Waals surface area contributed by atoms with Gasteiger partial charge in [-0.2, -0.15) is 0 Å². The van der Waals surface area contributed by atoms with E-state index in [4.69, 9.17) is 14.3 Å². The van der Waals surface area contributed by atoms with Crippen molar-refractivity contribution in [2.75, 3.05) is 33.4 Å². The number of morpholine rings is 1. The lowest BCUT2D eigenvalue weighted by atomic mass is 10.2. The number of rotatable bonds is 4. The van der Waals surface area contributed by atoms with E-state index in [1.807, 2.05) is 13.0 Å². The first-order chi connectivity index (χ1) is 9.13. The minimum atomic E-state index is -0.459. The zero-order valence-electron chi connectivity index (χ0n) is 11.2. The highest BCUT2D eigenvalue weighted by Crippen LogP contribution is 2.18. The van der Waals surface area contributed by atoms with Crippen LogP contribution in [0.15, 0.2) is 10.5 Å². The third kappa shape index (κ3) is 3.34. The van der Waals surface area contributed by atoms with E-state index in [1.165, 1.54) is 7.11 Å². The second-order valence-electron chi connectivity index (χ2n) is 4.63. The Hall–Kier alpha value is -1.37. The van der Waals surface area contributed by atoms with Crippen molar-refractivity contribution in [1.29, 1.82) is 0 Å². The van der Waals surface area contributed by atoms with Gasteiger partial charge in [-0.05, 0) is 13.0 Å². The van der Waals surface area contributed by atoms with E-state index in [0.717, 1.165) is 17.9 Å². The average molecular weight is 269 g/mol. The molecule has 1 aliphatic rings. The minimum Gasteiger partial charge on any atom is -0.463 e. The Bertz CT molecular complexity index is 442. The Balaban J connectivity index is 2.01. The zero-order valence-corrected chi connectivity index (χ0v) is 11.2. The lowest BCUT2D eigenvalue weighted by molar-refractivity contribution is -0.0565. The molecule has 1 unspecified atom stereocenters. The highest BCUT2D eigenvalue weighted by molar-refractivity contribution is 5.87. The SMILES string of the molecule is COC(=O)c1oc(CN2CCOC(CO)C2)cc1C. The van der Waals surface area contributed by atoms with Crippen LogP contribution in [0.2, 0.25) is 0 Å². The van der Waals surface area contributed by atoms with Gasteiger partial charge in [0, 0.05) is 18.7 Å². The Morgan fingerprint density at radius 3 is 3.11 bits per heavy atom. The molecule has 0 bridgehead atoms. The third-order valence-corrected chi connectivity index (χ3v) is 3.15. The van der Waals surface area contributed by atoms with Crippen molar-refractivity contribution in [3.05, 3.63) is 23.2 Å². The molecule has 2 heterocycles. The summed E-state index contributed by atoms with van der Waals surface area (Å²) in [6.07, 6.45) is -0.148. The number of hydrogen-bond donors (Lipinski definition) is 1. The van der Waals surface area contributed by atoms with Gasteiger partial charge < -0.3 is 19.0 Å². The van der Waals surface area contributed by atoms with Crippen molar-refractivity contribution in [3.8, 4) is 0 Å². The lowest BCUT2D eigenvalue weighted by Crippen LogP contribution is -2.43. The Labute approximate surface area is 111 Å². The molecule has 2 rings (SSSR count). The fourth-order valence-corrected chi connectivity index (χ4v) is 2.18. The second kappa shape index (κ2) is 6.18. The zero-order chi connectivity index (χ0) is 13.8. The van der Waals surface area contributed by atoms with Gasteiger partial charge in [0.05, 0.1) is 33.0 Å². The molecule has 106 valence electrons. The van der Waals surface area contributed by atoms with Crippen LogP contribution in [0.1, 0.15) is 21.9 Å². The van der Waals surface area contributed by atoms with Crippen LogP contribution in [-0.2, 0) is 16.0 Å². The molecule has 6 heteroatoms. The maximum Gasteiger partial charge on any atom is 0.374 e. The molecule has 1 saturated heterocycles. The quantitative estimate of drug-likeness (QED) is 0.806. The summed E-state index contributed by atoms with van der Waals surface area (Å²) in [5, 5.41) is 9.09. The standard InChI is InChI=1S/C13H19NO5/c1-9-5-10(19-12(9)13(16)17-2)6-14-3-4-18-11(7-14)8-15/h5,11,15H,3-4,6-8H2,1-2H3. The molecule has 6 nitrogen and oxygen atoms in total. The number of nitrogens with zero attached hydrogens (tertiary/aromatic N) is 1. The van der Waals surface area contributed by atoms with Crippen LogP contribution in [0, 0.1) is 6.92 Å². The predicted molar refractivity (Wildman–Crippen MR) is 66.9 cm³/mol. The van der Waals surface area contributed by atoms with Gasteiger partial charge in [0.2, 0.25) is 5.76 Å². The summed E-state index contributed by atoms with van der Waals surface area (Å²) >= 11 is 0. The van der Waals surface area contributed by atoms with Crippen molar-refractivity contribution < 1.29 is 23.8 Å². The van der Waals surface area contributed by atoms with Gasteiger partial charge in [0.1, 0.15) is 5.76 Å². The van der Waals surface area contributed by atoms with Crippen LogP contribution >= 0.6 is 0 Å². The third-order valence-electron chi connectivity index (χ3n) is 3.15. The number of hydrogen-bond acceptors (Lipinski definition) is 6. The van der Waals surface area contributed by atoms with Crippen molar-refractivity contribution in [2.24, 2.45) is 0 Å². The number of methoxy groups -OCH3 is 1. The molecule has 0 radical (unpaired) electrons. The largest absolute Gasteiger partial charge is 0.463 e. The molecular weight excluding hydrogens is 250 g/mol. The summed E-state index contributed by atoms with van der Waals surface area (Å²) in [4.78, 5) is 13.6. The highest BCUT2D eigenvalue weighted by atomic mass is 16.5. The van der Waals surface area contributed by atoms with Crippen LogP contribution in [0.25, 0.3) is 0 Å². The summed E-state index contributed by atoms with van der Waals surface area (Å²) < 4.78 is 15.6. The average Bonchev–Trinajstić information content (AvgIpc) is 2.79.